The van der Waals surface area contributed by atoms with E-state index in [0.29, 0.717) is 10.9 Å². The summed E-state index contributed by atoms with van der Waals surface area (Å²) in [4.78, 5) is 12.8. The second-order valence-corrected chi connectivity index (χ2v) is 2.66. The number of rotatable bonds is 1. The Bertz CT molecular complexity index is 475. The van der Waals surface area contributed by atoms with E-state index in [4.69, 9.17) is 5.11 Å². The van der Waals surface area contributed by atoms with Crippen molar-refractivity contribution in [3.63, 3.8) is 0 Å². The fourth-order valence-corrected chi connectivity index (χ4v) is 1.28. The van der Waals surface area contributed by atoms with E-state index in [9.17, 15) is 10.1 Å². The zero-order chi connectivity index (χ0) is 9.42. The van der Waals surface area contributed by atoms with Crippen molar-refractivity contribution < 1.29 is 10.0 Å². The summed E-state index contributed by atoms with van der Waals surface area (Å²) in [6.45, 7) is 0. The van der Waals surface area contributed by atoms with Gasteiger partial charge in [-0.2, -0.15) is 0 Å². The van der Waals surface area contributed by atoms with E-state index >= 15 is 0 Å². The lowest BCUT2D eigenvalue weighted by molar-refractivity contribution is -0.383. The number of aromatic amines is 1. The van der Waals surface area contributed by atoms with E-state index in [1.54, 1.807) is 12.3 Å². The lowest BCUT2D eigenvalue weighted by Crippen LogP contribution is -1.88. The Morgan fingerprint density at radius 1 is 1.46 bits per heavy atom. The van der Waals surface area contributed by atoms with Crippen LogP contribution in [0.2, 0.25) is 0 Å². The maximum Gasteiger partial charge on any atom is 0.296 e. The first-order valence-corrected chi connectivity index (χ1v) is 3.63. The number of nitro benzene ring substituents is 1. The van der Waals surface area contributed by atoms with Crippen molar-refractivity contribution in [3.8, 4) is 5.75 Å². The third-order valence-corrected chi connectivity index (χ3v) is 1.82. The summed E-state index contributed by atoms with van der Waals surface area (Å²) in [6, 6.07) is 4.26. The number of phenolic OH excluding ortho intramolecular Hbond substituents is 1. The number of phenols is 1. The van der Waals surface area contributed by atoms with E-state index in [-0.39, 0.29) is 11.4 Å². The van der Waals surface area contributed by atoms with Crippen LogP contribution in [0.15, 0.2) is 24.4 Å². The van der Waals surface area contributed by atoms with E-state index < -0.39 is 4.92 Å². The largest absolute Gasteiger partial charge is 0.508 e. The topological polar surface area (TPSA) is 79.2 Å². The third kappa shape index (κ3) is 1.10. The first-order chi connectivity index (χ1) is 6.18. The number of H-pyrrole nitrogens is 1. The van der Waals surface area contributed by atoms with Gasteiger partial charge in [-0.05, 0) is 12.1 Å². The average molecular weight is 178 g/mol. The number of hydrogen-bond donors (Lipinski definition) is 2. The van der Waals surface area contributed by atoms with Crippen LogP contribution >= 0.6 is 0 Å². The SMILES string of the molecule is O=[N+]([O-])c1cc(O)cc2cc[nH]c12. The second kappa shape index (κ2) is 2.48. The highest BCUT2D eigenvalue weighted by Gasteiger charge is 2.13. The summed E-state index contributed by atoms with van der Waals surface area (Å²) in [5.41, 5.74) is 0.322. The zero-order valence-electron chi connectivity index (χ0n) is 6.52. The van der Waals surface area contributed by atoms with Gasteiger partial charge in [-0.1, -0.05) is 0 Å². The predicted octanol–water partition coefficient (Wildman–Crippen LogP) is 1.78. The lowest BCUT2D eigenvalue weighted by Gasteiger charge is -1.95. The molecule has 0 spiro atoms. The zero-order valence-corrected chi connectivity index (χ0v) is 6.52. The molecule has 1 heterocycles. The Morgan fingerprint density at radius 3 is 2.92 bits per heavy atom. The molecule has 66 valence electrons. The number of nitro groups is 1. The van der Waals surface area contributed by atoms with Gasteiger partial charge in [0.05, 0.1) is 11.0 Å². The normalized spacial score (nSPS) is 10.5. The molecule has 2 rings (SSSR count). The summed E-state index contributed by atoms with van der Waals surface area (Å²) in [5.74, 6) is -0.0983. The van der Waals surface area contributed by atoms with Gasteiger partial charge in [-0.15, -0.1) is 0 Å². The maximum atomic E-state index is 10.5. The number of fused-ring (bicyclic) bond motifs is 1. The molecule has 0 unspecified atom stereocenters. The van der Waals surface area contributed by atoms with Crippen LogP contribution in [-0.2, 0) is 0 Å². The van der Waals surface area contributed by atoms with E-state index in [2.05, 4.69) is 4.98 Å². The molecule has 0 radical (unpaired) electrons. The first-order valence-electron chi connectivity index (χ1n) is 3.63. The molecule has 0 aliphatic rings. The molecule has 1 aromatic heterocycles. The van der Waals surface area contributed by atoms with Gasteiger partial charge in [0.25, 0.3) is 5.69 Å². The Balaban J connectivity index is 2.84. The molecule has 0 saturated carbocycles. The number of non-ortho nitro benzene ring substituents is 1. The van der Waals surface area contributed by atoms with Gasteiger partial charge in [-0.25, -0.2) is 0 Å². The number of aromatic hydroxyl groups is 1. The minimum Gasteiger partial charge on any atom is -0.508 e. The highest BCUT2D eigenvalue weighted by molar-refractivity contribution is 5.89. The van der Waals surface area contributed by atoms with E-state index in [1.165, 1.54) is 6.07 Å². The highest BCUT2D eigenvalue weighted by atomic mass is 16.6. The molecule has 2 aromatic rings. The molecule has 5 nitrogen and oxygen atoms in total. The lowest BCUT2D eigenvalue weighted by atomic mass is 10.2. The summed E-state index contributed by atoms with van der Waals surface area (Å²) in [6.07, 6.45) is 1.59. The first kappa shape index (κ1) is 7.60. The molecule has 0 amide bonds. The minimum absolute atomic E-state index is 0.0983. The van der Waals surface area contributed by atoms with Crippen molar-refractivity contribution in [2.45, 2.75) is 0 Å². The van der Waals surface area contributed by atoms with Gasteiger partial charge in [0.15, 0.2) is 0 Å². The molecule has 0 atom stereocenters. The van der Waals surface area contributed by atoms with Gasteiger partial charge in [0.2, 0.25) is 0 Å². The van der Waals surface area contributed by atoms with Crippen LogP contribution in [0.3, 0.4) is 0 Å². The van der Waals surface area contributed by atoms with Crippen LogP contribution in [0.4, 0.5) is 5.69 Å². The van der Waals surface area contributed by atoms with Gasteiger partial charge >= 0.3 is 0 Å². The predicted molar refractivity (Wildman–Crippen MR) is 46.6 cm³/mol. The molecule has 13 heavy (non-hydrogen) atoms. The standard InChI is InChI=1S/C8H6N2O3/c11-6-3-5-1-2-9-8(5)7(4-6)10(12)13/h1-4,9,11H. The second-order valence-electron chi connectivity index (χ2n) is 2.66. The third-order valence-electron chi connectivity index (χ3n) is 1.82. The summed E-state index contributed by atoms with van der Waals surface area (Å²) >= 11 is 0. The molecule has 0 bridgehead atoms. The van der Waals surface area contributed by atoms with Crippen molar-refractivity contribution in [2.24, 2.45) is 0 Å². The van der Waals surface area contributed by atoms with Gasteiger partial charge in [0.1, 0.15) is 11.3 Å². The summed E-state index contributed by atoms with van der Waals surface area (Å²) < 4.78 is 0. The molecular formula is C8H6N2O3. The fraction of sp³-hybridized carbons (Fsp3) is 0. The highest BCUT2D eigenvalue weighted by Crippen LogP contribution is 2.28. The number of nitrogens with one attached hydrogen (secondary N) is 1. The number of hydrogen-bond acceptors (Lipinski definition) is 3. The quantitative estimate of drug-likeness (QED) is 0.516. The van der Waals surface area contributed by atoms with Crippen molar-refractivity contribution in [3.05, 3.63) is 34.5 Å². The van der Waals surface area contributed by atoms with Crippen LogP contribution in [0.5, 0.6) is 5.75 Å². The van der Waals surface area contributed by atoms with E-state index in [0.717, 1.165) is 6.07 Å². The van der Waals surface area contributed by atoms with Gasteiger partial charge in [-0.3, -0.25) is 10.1 Å². The average Bonchev–Trinajstić information content (AvgIpc) is 2.49. The smallest absolute Gasteiger partial charge is 0.296 e. The van der Waals surface area contributed by atoms with Crippen molar-refractivity contribution in [1.29, 1.82) is 0 Å². The molecule has 2 N–H and O–H groups in total. The monoisotopic (exact) mass is 178 g/mol. The Morgan fingerprint density at radius 2 is 2.23 bits per heavy atom. The van der Waals surface area contributed by atoms with Crippen LogP contribution in [0, 0.1) is 10.1 Å². The van der Waals surface area contributed by atoms with Crippen molar-refractivity contribution in [2.75, 3.05) is 0 Å². The van der Waals surface area contributed by atoms with Gasteiger partial charge < -0.3 is 10.1 Å². The summed E-state index contributed by atoms with van der Waals surface area (Å²) in [7, 11) is 0. The maximum absolute atomic E-state index is 10.5. The van der Waals surface area contributed by atoms with Crippen molar-refractivity contribution in [1.82, 2.24) is 4.98 Å². The van der Waals surface area contributed by atoms with Gasteiger partial charge in [0, 0.05) is 11.6 Å². The van der Waals surface area contributed by atoms with Crippen LogP contribution in [-0.4, -0.2) is 15.0 Å². The molecular weight excluding hydrogens is 172 g/mol. The Labute approximate surface area is 72.8 Å². The Hall–Kier alpha value is -2.04. The Kier molecular flexibility index (Phi) is 1.45. The van der Waals surface area contributed by atoms with Crippen LogP contribution in [0.1, 0.15) is 0 Å². The summed E-state index contributed by atoms with van der Waals surface area (Å²) in [5, 5.41) is 20.3. The number of nitrogens with zero attached hydrogens (tertiary/aromatic N) is 1. The molecule has 0 aliphatic carbocycles. The fourth-order valence-electron chi connectivity index (χ4n) is 1.28. The molecule has 1 aromatic carbocycles. The number of benzene rings is 1. The molecule has 0 saturated heterocycles. The van der Waals surface area contributed by atoms with E-state index in [1.807, 2.05) is 0 Å². The molecule has 0 aliphatic heterocycles. The molecule has 0 fully saturated rings. The molecule has 5 heteroatoms. The van der Waals surface area contributed by atoms with Crippen molar-refractivity contribution >= 4 is 16.6 Å². The van der Waals surface area contributed by atoms with Crippen LogP contribution in [0.25, 0.3) is 10.9 Å². The minimum atomic E-state index is -0.529. The van der Waals surface area contributed by atoms with Crippen LogP contribution < -0.4 is 0 Å². The number of aromatic nitrogens is 1.